The zero-order valence-electron chi connectivity index (χ0n) is 18.5. The van der Waals surface area contributed by atoms with Crippen molar-refractivity contribution in [3.8, 4) is 0 Å². The van der Waals surface area contributed by atoms with Crippen molar-refractivity contribution < 1.29 is 24.0 Å². The van der Waals surface area contributed by atoms with E-state index in [0.717, 1.165) is 48.8 Å². The molecule has 1 atom stereocenters. The molecule has 0 fully saturated rings. The van der Waals surface area contributed by atoms with Crippen LogP contribution >= 0.6 is 0 Å². The highest BCUT2D eigenvalue weighted by Crippen LogP contribution is 2.32. The molecule has 33 heavy (non-hydrogen) atoms. The number of nitrogens with one attached hydrogen (secondary N) is 2. The Morgan fingerprint density at radius 2 is 1.73 bits per heavy atom. The lowest BCUT2D eigenvalue weighted by molar-refractivity contribution is -0.129. The minimum absolute atomic E-state index is 0.0630. The number of rotatable bonds is 11. The van der Waals surface area contributed by atoms with Crippen LogP contribution in [0.4, 0.5) is 4.39 Å². The zero-order chi connectivity index (χ0) is 23.6. The van der Waals surface area contributed by atoms with Crippen molar-refractivity contribution in [3.05, 3.63) is 76.6 Å². The normalized spacial score (nSPS) is 14.8. The predicted octanol–water partition coefficient (Wildman–Crippen LogP) is 4.67. The van der Waals surface area contributed by atoms with Gasteiger partial charge in [-0.25, -0.2) is 9.87 Å². The molecule has 6 nitrogen and oxygen atoms in total. The van der Waals surface area contributed by atoms with E-state index in [-0.39, 0.29) is 29.5 Å². The lowest BCUT2D eigenvalue weighted by Gasteiger charge is -2.14. The summed E-state index contributed by atoms with van der Waals surface area (Å²) in [6.45, 7) is 0. The summed E-state index contributed by atoms with van der Waals surface area (Å²) in [6.07, 6.45) is 8.98. The quantitative estimate of drug-likeness (QED) is 0.200. The number of aryl methyl sites for hydroxylation is 1. The Morgan fingerprint density at radius 3 is 2.45 bits per heavy atom. The standard InChI is InChI=1S/C26H29FN2O4/c27-21-12-9-19(10-13-21)26(32)28-24-16-11-20-17-18(8-15-23(20)24)7-14-22(30)5-3-1-2-4-6-25(31)29-33/h7-10,12-15,17,24,33H,1-6,11,16H2,(H,28,32)(H,29,31)/b14-7+. The summed E-state index contributed by atoms with van der Waals surface area (Å²) in [5, 5.41) is 11.5. The molecule has 7 heteroatoms. The van der Waals surface area contributed by atoms with E-state index in [9.17, 15) is 18.8 Å². The highest BCUT2D eigenvalue weighted by atomic mass is 19.1. The van der Waals surface area contributed by atoms with Gasteiger partial charge in [-0.2, -0.15) is 0 Å². The number of halogens is 1. The van der Waals surface area contributed by atoms with Crippen LogP contribution in [0, 0.1) is 5.82 Å². The van der Waals surface area contributed by atoms with Crippen LogP contribution in [0.1, 0.15) is 78.0 Å². The average Bonchev–Trinajstić information content (AvgIpc) is 3.21. The van der Waals surface area contributed by atoms with Gasteiger partial charge in [0.05, 0.1) is 6.04 Å². The summed E-state index contributed by atoms with van der Waals surface area (Å²) in [7, 11) is 0. The van der Waals surface area contributed by atoms with Crippen molar-refractivity contribution >= 4 is 23.7 Å². The first kappa shape index (κ1) is 24.3. The molecule has 0 heterocycles. The Kier molecular flexibility index (Phi) is 8.89. The summed E-state index contributed by atoms with van der Waals surface area (Å²) in [6, 6.07) is 11.4. The maximum Gasteiger partial charge on any atom is 0.251 e. The molecule has 0 aliphatic heterocycles. The van der Waals surface area contributed by atoms with Crippen LogP contribution in [0.3, 0.4) is 0 Å². The van der Waals surface area contributed by atoms with Gasteiger partial charge in [0, 0.05) is 18.4 Å². The molecule has 2 amide bonds. The highest BCUT2D eigenvalue weighted by Gasteiger charge is 2.24. The number of hydroxylamine groups is 1. The van der Waals surface area contributed by atoms with E-state index >= 15 is 0 Å². The Morgan fingerprint density at radius 1 is 1.00 bits per heavy atom. The number of hydrogen-bond acceptors (Lipinski definition) is 4. The second kappa shape index (κ2) is 12.1. The van der Waals surface area contributed by atoms with Gasteiger partial charge in [0.25, 0.3) is 5.91 Å². The van der Waals surface area contributed by atoms with E-state index in [0.29, 0.717) is 24.8 Å². The Bertz CT molecular complexity index is 1020. The SMILES string of the molecule is O=C(/C=C/c1ccc2c(c1)CCC2NC(=O)c1ccc(F)cc1)CCCCCCC(=O)NO. The van der Waals surface area contributed by atoms with Gasteiger partial charge >= 0.3 is 0 Å². The number of unbranched alkanes of at least 4 members (excludes halogenated alkanes) is 3. The summed E-state index contributed by atoms with van der Waals surface area (Å²) in [4.78, 5) is 35.5. The van der Waals surface area contributed by atoms with Gasteiger partial charge in [0.15, 0.2) is 5.78 Å². The number of benzene rings is 2. The molecule has 0 saturated heterocycles. The zero-order valence-corrected chi connectivity index (χ0v) is 18.5. The first-order valence-electron chi connectivity index (χ1n) is 11.3. The van der Waals surface area contributed by atoms with Gasteiger partial charge in [0.2, 0.25) is 5.91 Å². The van der Waals surface area contributed by atoms with E-state index in [2.05, 4.69) is 11.4 Å². The Hall–Kier alpha value is -3.32. The summed E-state index contributed by atoms with van der Waals surface area (Å²) in [5.41, 5.74) is 5.21. The lowest BCUT2D eigenvalue weighted by atomic mass is 10.0. The molecule has 0 bridgehead atoms. The Balaban J connectivity index is 1.45. The van der Waals surface area contributed by atoms with Crippen LogP contribution in [0.25, 0.3) is 6.08 Å². The maximum atomic E-state index is 13.1. The molecule has 1 aliphatic carbocycles. The summed E-state index contributed by atoms with van der Waals surface area (Å²) in [5.74, 6) is -0.918. The fourth-order valence-electron chi connectivity index (χ4n) is 4.00. The van der Waals surface area contributed by atoms with Crippen LogP contribution < -0.4 is 10.8 Å². The average molecular weight is 453 g/mol. The molecule has 1 unspecified atom stereocenters. The molecule has 0 saturated carbocycles. The number of allylic oxidation sites excluding steroid dienone is 1. The first-order valence-corrected chi connectivity index (χ1v) is 11.3. The fourth-order valence-corrected chi connectivity index (χ4v) is 4.00. The number of ketones is 1. The molecule has 3 N–H and O–H groups in total. The van der Waals surface area contributed by atoms with Gasteiger partial charge in [0.1, 0.15) is 5.82 Å². The molecule has 0 spiro atoms. The molecule has 1 aliphatic rings. The minimum Gasteiger partial charge on any atom is -0.345 e. The van der Waals surface area contributed by atoms with E-state index in [4.69, 9.17) is 5.21 Å². The second-order valence-corrected chi connectivity index (χ2v) is 8.28. The van der Waals surface area contributed by atoms with Crippen molar-refractivity contribution in [2.24, 2.45) is 0 Å². The number of hydrogen-bond donors (Lipinski definition) is 3. The van der Waals surface area contributed by atoms with Crippen LogP contribution in [0.5, 0.6) is 0 Å². The molecule has 0 radical (unpaired) electrons. The Labute approximate surface area is 192 Å². The van der Waals surface area contributed by atoms with Crippen molar-refractivity contribution in [1.29, 1.82) is 0 Å². The highest BCUT2D eigenvalue weighted by molar-refractivity contribution is 5.94. The third-order valence-electron chi connectivity index (χ3n) is 5.82. The smallest absolute Gasteiger partial charge is 0.251 e. The molecule has 174 valence electrons. The third kappa shape index (κ3) is 7.36. The fraction of sp³-hybridized carbons (Fsp3) is 0.346. The molecular weight excluding hydrogens is 423 g/mol. The molecule has 2 aromatic rings. The maximum absolute atomic E-state index is 13.1. The van der Waals surface area contributed by atoms with Gasteiger partial charge in [-0.05, 0) is 72.7 Å². The lowest BCUT2D eigenvalue weighted by Crippen LogP contribution is -2.27. The van der Waals surface area contributed by atoms with Crippen molar-refractivity contribution in [1.82, 2.24) is 10.8 Å². The number of carbonyl (C=O) groups excluding carboxylic acids is 3. The molecule has 2 aromatic carbocycles. The second-order valence-electron chi connectivity index (χ2n) is 8.28. The van der Waals surface area contributed by atoms with E-state index in [1.54, 1.807) is 11.6 Å². The largest absolute Gasteiger partial charge is 0.345 e. The van der Waals surface area contributed by atoms with Gasteiger partial charge in [-0.15, -0.1) is 0 Å². The van der Waals surface area contributed by atoms with Gasteiger partial charge in [-0.3, -0.25) is 19.6 Å². The van der Waals surface area contributed by atoms with Crippen molar-refractivity contribution in [3.63, 3.8) is 0 Å². The topological polar surface area (TPSA) is 95.5 Å². The van der Waals surface area contributed by atoms with Crippen molar-refractivity contribution in [2.75, 3.05) is 0 Å². The number of carbonyl (C=O) groups is 3. The van der Waals surface area contributed by atoms with Crippen LogP contribution in [0.2, 0.25) is 0 Å². The predicted molar refractivity (Wildman–Crippen MR) is 123 cm³/mol. The third-order valence-corrected chi connectivity index (χ3v) is 5.82. The first-order chi connectivity index (χ1) is 16.0. The molecule has 3 rings (SSSR count). The van der Waals surface area contributed by atoms with Crippen LogP contribution in [-0.2, 0) is 16.0 Å². The van der Waals surface area contributed by atoms with E-state index in [1.165, 1.54) is 24.3 Å². The summed E-state index contributed by atoms with van der Waals surface area (Å²) >= 11 is 0. The number of amides is 2. The van der Waals surface area contributed by atoms with Crippen LogP contribution in [-0.4, -0.2) is 22.8 Å². The van der Waals surface area contributed by atoms with Gasteiger partial charge in [-0.1, -0.05) is 37.1 Å². The van der Waals surface area contributed by atoms with E-state index in [1.807, 2.05) is 18.2 Å². The van der Waals surface area contributed by atoms with Gasteiger partial charge < -0.3 is 5.32 Å². The van der Waals surface area contributed by atoms with Crippen molar-refractivity contribution in [2.45, 2.75) is 57.4 Å². The molecule has 0 aromatic heterocycles. The molecular formula is C26H29FN2O4. The minimum atomic E-state index is -0.384. The monoisotopic (exact) mass is 452 g/mol. The van der Waals surface area contributed by atoms with Crippen LogP contribution in [0.15, 0.2) is 48.5 Å². The summed E-state index contributed by atoms with van der Waals surface area (Å²) < 4.78 is 13.1. The number of fused-ring (bicyclic) bond motifs is 1. The van der Waals surface area contributed by atoms with E-state index < -0.39 is 0 Å².